The van der Waals surface area contributed by atoms with Crippen LogP contribution >= 0.6 is 0 Å². The van der Waals surface area contributed by atoms with Gasteiger partial charge in [0.15, 0.2) is 0 Å². The van der Waals surface area contributed by atoms with E-state index in [1.54, 1.807) is 12.1 Å². The van der Waals surface area contributed by atoms with Crippen LogP contribution in [0.1, 0.15) is 36.0 Å². The van der Waals surface area contributed by atoms with Gasteiger partial charge in [-0.15, -0.1) is 0 Å². The van der Waals surface area contributed by atoms with Gasteiger partial charge in [0, 0.05) is 18.7 Å². The number of amides is 1. The van der Waals surface area contributed by atoms with Crippen molar-refractivity contribution >= 4 is 5.91 Å². The smallest absolute Gasteiger partial charge is 0.253 e. The van der Waals surface area contributed by atoms with Gasteiger partial charge < -0.3 is 10.2 Å². The van der Waals surface area contributed by atoms with Crippen LogP contribution in [0, 0.1) is 17.7 Å². The van der Waals surface area contributed by atoms with Crippen LogP contribution in [0.2, 0.25) is 0 Å². The molecular weight excluding hydrogens is 333 g/mol. The van der Waals surface area contributed by atoms with E-state index in [2.05, 4.69) is 15.4 Å². The second-order valence-corrected chi connectivity index (χ2v) is 7.24. The van der Waals surface area contributed by atoms with Gasteiger partial charge in [0.1, 0.15) is 24.2 Å². The van der Waals surface area contributed by atoms with Gasteiger partial charge in [-0.2, -0.15) is 5.10 Å². The van der Waals surface area contributed by atoms with Crippen molar-refractivity contribution in [3.05, 3.63) is 42.2 Å². The van der Waals surface area contributed by atoms with Gasteiger partial charge >= 0.3 is 0 Å². The quantitative estimate of drug-likeness (QED) is 0.915. The minimum atomic E-state index is -0.468. The summed E-state index contributed by atoms with van der Waals surface area (Å²) in [5.41, 5.74) is 0.687. The molecule has 0 bridgehead atoms. The fraction of sp³-hybridized carbons (Fsp3) is 0.526. The summed E-state index contributed by atoms with van der Waals surface area (Å²) in [5, 5.41) is 7.41. The van der Waals surface area contributed by atoms with Gasteiger partial charge in [-0.25, -0.2) is 14.1 Å². The Labute approximate surface area is 152 Å². The van der Waals surface area contributed by atoms with Crippen LogP contribution in [0.4, 0.5) is 4.39 Å². The predicted molar refractivity (Wildman–Crippen MR) is 95.5 cm³/mol. The number of nitrogens with one attached hydrogen (secondary N) is 1. The molecule has 1 unspecified atom stereocenters. The third kappa shape index (κ3) is 3.49. The number of hydrogen-bond donors (Lipinski definition) is 1. The highest BCUT2D eigenvalue weighted by molar-refractivity contribution is 5.94. The van der Waals surface area contributed by atoms with Crippen molar-refractivity contribution in [2.24, 2.45) is 11.8 Å². The molecule has 1 aromatic heterocycles. The van der Waals surface area contributed by atoms with Gasteiger partial charge in [0.05, 0.1) is 0 Å². The molecule has 3 heterocycles. The molecule has 138 valence electrons. The largest absolute Gasteiger partial charge is 0.339 e. The van der Waals surface area contributed by atoms with Crippen molar-refractivity contribution < 1.29 is 9.18 Å². The molecule has 2 aromatic rings. The molecule has 6 nitrogen and oxygen atoms in total. The number of carbonyl (C=O) groups excluding carboxylic acids is 1. The van der Waals surface area contributed by atoms with E-state index < -0.39 is 5.82 Å². The molecule has 2 fully saturated rings. The molecule has 4 rings (SSSR count). The zero-order chi connectivity index (χ0) is 17.9. The Hall–Kier alpha value is -2.28. The summed E-state index contributed by atoms with van der Waals surface area (Å²) < 4.78 is 15.7. The number of halogens is 1. The molecule has 0 radical (unpaired) electrons. The molecule has 1 N–H and O–H groups in total. The predicted octanol–water partition coefficient (Wildman–Crippen LogP) is 2.26. The molecule has 1 atom stereocenters. The zero-order valence-electron chi connectivity index (χ0n) is 14.8. The van der Waals surface area contributed by atoms with Crippen LogP contribution in [-0.4, -0.2) is 51.8 Å². The SMILES string of the molecule is O=C(c1ccc(-n2cncn2)c(F)c1)N1CCC(C2CCCNC2)CC1. The Morgan fingerprint density at radius 3 is 2.69 bits per heavy atom. The first-order valence-electron chi connectivity index (χ1n) is 9.37. The standard InChI is InChI=1S/C19H24FN5O/c20-17-10-15(3-4-18(17)25-13-22-12-23-25)19(26)24-8-5-14(6-9-24)16-2-1-7-21-11-16/h3-4,10,12-14,16,21H,1-2,5-9,11H2. The molecular formula is C19H24FN5O. The lowest BCUT2D eigenvalue weighted by Crippen LogP contribution is -2.43. The van der Waals surface area contributed by atoms with Crippen molar-refractivity contribution in [1.29, 1.82) is 0 Å². The molecule has 2 saturated heterocycles. The number of aromatic nitrogens is 3. The second kappa shape index (κ2) is 7.53. The minimum absolute atomic E-state index is 0.0886. The minimum Gasteiger partial charge on any atom is -0.339 e. The summed E-state index contributed by atoms with van der Waals surface area (Å²) in [4.78, 5) is 18.4. The van der Waals surface area contributed by atoms with Gasteiger partial charge in [-0.3, -0.25) is 4.79 Å². The van der Waals surface area contributed by atoms with Crippen LogP contribution in [0.5, 0.6) is 0 Å². The number of carbonyl (C=O) groups is 1. The number of hydrogen-bond acceptors (Lipinski definition) is 4. The van der Waals surface area contributed by atoms with E-state index in [1.165, 1.54) is 36.2 Å². The Balaban J connectivity index is 1.40. The topological polar surface area (TPSA) is 63.1 Å². The van der Waals surface area contributed by atoms with E-state index in [0.29, 0.717) is 17.2 Å². The summed E-state index contributed by atoms with van der Waals surface area (Å²) in [6, 6.07) is 4.55. The monoisotopic (exact) mass is 357 g/mol. The fourth-order valence-corrected chi connectivity index (χ4v) is 4.20. The van der Waals surface area contributed by atoms with Crippen LogP contribution in [0.15, 0.2) is 30.9 Å². The van der Waals surface area contributed by atoms with Crippen molar-refractivity contribution in [1.82, 2.24) is 25.0 Å². The molecule has 1 amide bonds. The van der Waals surface area contributed by atoms with Gasteiger partial charge in [-0.1, -0.05) is 0 Å². The fourth-order valence-electron chi connectivity index (χ4n) is 4.20. The highest BCUT2D eigenvalue weighted by Crippen LogP contribution is 2.30. The summed E-state index contributed by atoms with van der Waals surface area (Å²) >= 11 is 0. The van der Waals surface area contributed by atoms with Crippen LogP contribution in [-0.2, 0) is 0 Å². The van der Waals surface area contributed by atoms with Crippen molar-refractivity contribution in [2.75, 3.05) is 26.2 Å². The number of nitrogens with zero attached hydrogens (tertiary/aromatic N) is 4. The van der Waals surface area contributed by atoms with Crippen molar-refractivity contribution in [2.45, 2.75) is 25.7 Å². The number of rotatable bonds is 3. The lowest BCUT2D eigenvalue weighted by molar-refractivity contribution is 0.0645. The third-order valence-electron chi connectivity index (χ3n) is 5.69. The van der Waals surface area contributed by atoms with Gasteiger partial charge in [0.2, 0.25) is 0 Å². The van der Waals surface area contributed by atoms with E-state index in [4.69, 9.17) is 0 Å². The van der Waals surface area contributed by atoms with Crippen molar-refractivity contribution in [3.63, 3.8) is 0 Å². The van der Waals surface area contributed by atoms with Crippen LogP contribution in [0.3, 0.4) is 0 Å². The van der Waals surface area contributed by atoms with Crippen molar-refractivity contribution in [3.8, 4) is 5.69 Å². The maximum absolute atomic E-state index is 14.4. The third-order valence-corrected chi connectivity index (χ3v) is 5.69. The summed E-state index contributed by atoms with van der Waals surface area (Å²) in [6.07, 6.45) is 7.41. The van der Waals surface area contributed by atoms with E-state index >= 15 is 0 Å². The first-order valence-corrected chi connectivity index (χ1v) is 9.37. The molecule has 0 aliphatic carbocycles. The molecule has 2 aliphatic heterocycles. The maximum atomic E-state index is 14.4. The Kier molecular flexibility index (Phi) is 4.97. The zero-order valence-corrected chi connectivity index (χ0v) is 14.8. The summed E-state index contributed by atoms with van der Waals surface area (Å²) in [5.74, 6) is 0.873. The Bertz CT molecular complexity index is 749. The van der Waals surface area contributed by atoms with Gasteiger partial charge in [0.25, 0.3) is 5.91 Å². The average Bonchev–Trinajstić information content (AvgIpc) is 3.22. The Morgan fingerprint density at radius 2 is 2.04 bits per heavy atom. The molecule has 7 heteroatoms. The van der Waals surface area contributed by atoms with E-state index in [0.717, 1.165) is 44.9 Å². The first-order chi connectivity index (χ1) is 12.7. The highest BCUT2D eigenvalue weighted by atomic mass is 19.1. The normalized spacial score (nSPS) is 21.7. The molecule has 26 heavy (non-hydrogen) atoms. The lowest BCUT2D eigenvalue weighted by atomic mass is 9.80. The van der Waals surface area contributed by atoms with Gasteiger partial charge in [-0.05, 0) is 68.8 Å². The second-order valence-electron chi connectivity index (χ2n) is 7.24. The number of likely N-dealkylation sites (tertiary alicyclic amines) is 1. The van der Waals surface area contributed by atoms with E-state index in [1.807, 2.05) is 4.90 Å². The van der Waals surface area contributed by atoms with Crippen LogP contribution in [0.25, 0.3) is 5.69 Å². The summed E-state index contributed by atoms with van der Waals surface area (Å²) in [6.45, 7) is 3.75. The molecule has 0 saturated carbocycles. The van der Waals surface area contributed by atoms with E-state index in [-0.39, 0.29) is 5.91 Å². The maximum Gasteiger partial charge on any atom is 0.253 e. The lowest BCUT2D eigenvalue weighted by Gasteiger charge is -2.37. The first kappa shape index (κ1) is 17.1. The molecule has 1 aromatic carbocycles. The highest BCUT2D eigenvalue weighted by Gasteiger charge is 2.29. The number of benzene rings is 1. The number of piperidine rings is 2. The average molecular weight is 357 g/mol. The van der Waals surface area contributed by atoms with Crippen LogP contribution < -0.4 is 5.32 Å². The Morgan fingerprint density at radius 1 is 1.19 bits per heavy atom. The molecule has 2 aliphatic rings. The summed E-state index contributed by atoms with van der Waals surface area (Å²) in [7, 11) is 0. The molecule has 0 spiro atoms. The van der Waals surface area contributed by atoms with E-state index in [9.17, 15) is 9.18 Å².